The summed E-state index contributed by atoms with van der Waals surface area (Å²) in [5.41, 5.74) is 7.18. The first-order valence-electron chi connectivity index (χ1n) is 6.55. The van der Waals surface area contributed by atoms with Gasteiger partial charge >= 0.3 is 0 Å². The minimum Gasteiger partial charge on any atom is -0.384 e. The van der Waals surface area contributed by atoms with Crippen molar-refractivity contribution in [2.75, 3.05) is 11.9 Å². The van der Waals surface area contributed by atoms with Crippen molar-refractivity contribution < 1.29 is 0 Å². The predicted octanol–water partition coefficient (Wildman–Crippen LogP) is 2.80. The van der Waals surface area contributed by atoms with Crippen LogP contribution in [0, 0.1) is 12.3 Å². The predicted molar refractivity (Wildman–Crippen MR) is 85.9 cm³/mol. The number of aromatic nitrogens is 1. The van der Waals surface area contributed by atoms with Gasteiger partial charge < -0.3 is 10.6 Å². The van der Waals surface area contributed by atoms with Crippen molar-refractivity contribution in [1.82, 2.24) is 4.98 Å². The molecule has 2 rings (SSSR count). The fraction of sp³-hybridized carbons (Fsp3) is 0.333. The molecule has 0 aliphatic heterocycles. The van der Waals surface area contributed by atoms with Gasteiger partial charge in [-0.25, -0.2) is 4.98 Å². The molecule has 0 aromatic carbocycles. The summed E-state index contributed by atoms with van der Waals surface area (Å²) in [6, 6.07) is 8.28. The Balaban J connectivity index is 2.19. The van der Waals surface area contributed by atoms with Gasteiger partial charge in [-0.15, -0.1) is 11.3 Å². The Bertz CT molecular complexity index is 592. The number of thiophene rings is 1. The van der Waals surface area contributed by atoms with E-state index in [4.69, 9.17) is 11.1 Å². The van der Waals surface area contributed by atoms with Gasteiger partial charge in [-0.05, 0) is 37.4 Å². The number of likely N-dealkylation sites (N-methyl/N-ethyl adjacent to an activating group) is 1. The van der Waals surface area contributed by atoms with Crippen LogP contribution in [0.4, 0.5) is 5.82 Å². The Morgan fingerprint density at radius 1 is 1.50 bits per heavy atom. The molecule has 0 radical (unpaired) electrons. The van der Waals surface area contributed by atoms with Crippen molar-refractivity contribution in [3.8, 4) is 0 Å². The third-order valence-electron chi connectivity index (χ3n) is 3.35. The lowest BCUT2D eigenvalue weighted by molar-refractivity contribution is 0.679. The summed E-state index contributed by atoms with van der Waals surface area (Å²) in [6.07, 6.45) is 0.985. The maximum Gasteiger partial charge on any atom is 0.129 e. The maximum atomic E-state index is 7.57. The number of aryl methyl sites for hydroxylation is 1. The minimum atomic E-state index is 0.0797. The largest absolute Gasteiger partial charge is 0.384 e. The topological polar surface area (TPSA) is 66.0 Å². The third-order valence-corrected chi connectivity index (χ3v) is 4.25. The number of nitrogens with zero attached hydrogens (tertiary/aromatic N) is 2. The van der Waals surface area contributed by atoms with E-state index in [-0.39, 0.29) is 5.84 Å². The minimum absolute atomic E-state index is 0.0797. The molecule has 0 aliphatic carbocycles. The van der Waals surface area contributed by atoms with E-state index in [2.05, 4.69) is 34.3 Å². The lowest BCUT2D eigenvalue weighted by Gasteiger charge is -2.26. The van der Waals surface area contributed by atoms with Crippen molar-refractivity contribution >= 4 is 23.0 Å². The molecule has 1 unspecified atom stereocenters. The van der Waals surface area contributed by atoms with Gasteiger partial charge in [0.2, 0.25) is 0 Å². The van der Waals surface area contributed by atoms with E-state index in [1.807, 2.05) is 26.1 Å². The summed E-state index contributed by atoms with van der Waals surface area (Å²) in [5.74, 6) is 0.940. The van der Waals surface area contributed by atoms with E-state index in [0.717, 1.165) is 23.5 Å². The second-order valence-electron chi connectivity index (χ2n) is 5.01. The van der Waals surface area contributed by atoms with E-state index in [0.29, 0.717) is 6.04 Å². The fourth-order valence-electron chi connectivity index (χ4n) is 2.07. The SMILES string of the molecule is Cc1cc(C(=N)N)cc(N(C)C(C)Cc2cccs2)n1. The Morgan fingerprint density at radius 3 is 2.85 bits per heavy atom. The zero-order chi connectivity index (χ0) is 14.7. The van der Waals surface area contributed by atoms with Gasteiger partial charge in [-0.1, -0.05) is 6.07 Å². The third kappa shape index (κ3) is 3.36. The molecule has 4 nitrogen and oxygen atoms in total. The molecule has 1 atom stereocenters. The van der Waals surface area contributed by atoms with Crippen LogP contribution in [0.25, 0.3) is 0 Å². The van der Waals surface area contributed by atoms with Gasteiger partial charge in [0.15, 0.2) is 0 Å². The van der Waals surface area contributed by atoms with Crippen molar-refractivity contribution in [3.05, 3.63) is 45.8 Å². The molecule has 3 N–H and O–H groups in total. The van der Waals surface area contributed by atoms with E-state index in [1.165, 1.54) is 4.88 Å². The molecule has 2 aromatic rings. The van der Waals surface area contributed by atoms with Crippen LogP contribution < -0.4 is 10.6 Å². The van der Waals surface area contributed by atoms with Crippen LogP contribution in [0.5, 0.6) is 0 Å². The van der Waals surface area contributed by atoms with Crippen molar-refractivity contribution in [2.45, 2.75) is 26.3 Å². The second kappa shape index (κ2) is 6.05. The fourth-order valence-corrected chi connectivity index (χ4v) is 2.90. The van der Waals surface area contributed by atoms with Crippen molar-refractivity contribution in [1.29, 1.82) is 5.41 Å². The monoisotopic (exact) mass is 288 g/mol. The van der Waals surface area contributed by atoms with Crippen LogP contribution in [0.2, 0.25) is 0 Å². The highest BCUT2D eigenvalue weighted by molar-refractivity contribution is 7.09. The van der Waals surface area contributed by atoms with Gasteiger partial charge in [-0.3, -0.25) is 5.41 Å². The highest BCUT2D eigenvalue weighted by Gasteiger charge is 2.14. The molecule has 0 saturated heterocycles. The molecular weight excluding hydrogens is 268 g/mol. The second-order valence-corrected chi connectivity index (χ2v) is 6.04. The Labute approximate surface area is 123 Å². The first kappa shape index (κ1) is 14.5. The summed E-state index contributed by atoms with van der Waals surface area (Å²) < 4.78 is 0. The first-order chi connectivity index (χ1) is 9.47. The lowest BCUT2D eigenvalue weighted by atomic mass is 10.1. The smallest absolute Gasteiger partial charge is 0.129 e. The van der Waals surface area contributed by atoms with Crippen LogP contribution >= 0.6 is 11.3 Å². The highest BCUT2D eigenvalue weighted by atomic mass is 32.1. The molecular formula is C15H20N4S. The highest BCUT2D eigenvalue weighted by Crippen LogP contribution is 2.19. The number of amidine groups is 1. The summed E-state index contributed by atoms with van der Waals surface area (Å²) in [7, 11) is 2.03. The number of rotatable bonds is 5. The zero-order valence-corrected chi connectivity index (χ0v) is 12.9. The molecule has 20 heavy (non-hydrogen) atoms. The summed E-state index contributed by atoms with van der Waals surface area (Å²) in [6.45, 7) is 4.10. The Morgan fingerprint density at radius 2 is 2.25 bits per heavy atom. The van der Waals surface area contributed by atoms with Gasteiger partial charge in [0.1, 0.15) is 11.7 Å². The van der Waals surface area contributed by atoms with E-state index in [1.54, 1.807) is 11.3 Å². The van der Waals surface area contributed by atoms with Crippen LogP contribution in [-0.4, -0.2) is 23.9 Å². The molecule has 0 bridgehead atoms. The zero-order valence-electron chi connectivity index (χ0n) is 12.1. The lowest BCUT2D eigenvalue weighted by Crippen LogP contribution is -2.31. The average Bonchev–Trinajstić information content (AvgIpc) is 2.89. The number of hydrogen-bond donors (Lipinski definition) is 2. The number of anilines is 1. The molecule has 0 spiro atoms. The molecule has 0 aliphatic rings. The molecule has 2 heterocycles. The van der Waals surface area contributed by atoms with E-state index < -0.39 is 0 Å². The number of nitrogens with one attached hydrogen (secondary N) is 1. The van der Waals surface area contributed by atoms with Gasteiger partial charge in [-0.2, -0.15) is 0 Å². The van der Waals surface area contributed by atoms with Crippen molar-refractivity contribution in [3.63, 3.8) is 0 Å². The van der Waals surface area contributed by atoms with E-state index >= 15 is 0 Å². The van der Waals surface area contributed by atoms with Gasteiger partial charge in [0, 0.05) is 35.6 Å². The molecule has 0 saturated carbocycles. The molecule has 5 heteroatoms. The Kier molecular flexibility index (Phi) is 4.39. The number of nitrogen functional groups attached to an aromatic ring is 1. The molecule has 0 amide bonds. The summed E-state index contributed by atoms with van der Waals surface area (Å²) >= 11 is 1.77. The van der Waals surface area contributed by atoms with Crippen LogP contribution in [-0.2, 0) is 6.42 Å². The number of nitrogens with two attached hydrogens (primary N) is 1. The maximum absolute atomic E-state index is 7.57. The molecule has 106 valence electrons. The number of pyridine rings is 1. The summed E-state index contributed by atoms with van der Waals surface area (Å²) in [4.78, 5) is 8.05. The number of hydrogen-bond acceptors (Lipinski definition) is 4. The Hall–Kier alpha value is -1.88. The van der Waals surface area contributed by atoms with Crippen molar-refractivity contribution in [2.24, 2.45) is 5.73 Å². The van der Waals surface area contributed by atoms with Crippen LogP contribution in [0.1, 0.15) is 23.1 Å². The van der Waals surface area contributed by atoms with E-state index in [9.17, 15) is 0 Å². The molecule has 2 aromatic heterocycles. The quantitative estimate of drug-likeness (QED) is 0.657. The van der Waals surface area contributed by atoms with Crippen LogP contribution in [0.3, 0.4) is 0 Å². The molecule has 0 fully saturated rings. The van der Waals surface area contributed by atoms with Gasteiger partial charge in [0.05, 0.1) is 0 Å². The normalized spacial score (nSPS) is 12.2. The van der Waals surface area contributed by atoms with Gasteiger partial charge in [0.25, 0.3) is 0 Å². The standard InChI is InChI=1S/C15H20N4S/c1-10-7-12(15(16)17)9-14(18-10)19(3)11(2)8-13-5-4-6-20-13/h4-7,9,11H,8H2,1-3H3,(H3,16,17). The average molecular weight is 288 g/mol. The van der Waals surface area contributed by atoms with Crippen LogP contribution in [0.15, 0.2) is 29.6 Å². The summed E-state index contributed by atoms with van der Waals surface area (Å²) in [5, 5.41) is 9.67. The first-order valence-corrected chi connectivity index (χ1v) is 7.43.